The van der Waals surface area contributed by atoms with E-state index in [9.17, 15) is 9.59 Å². The van der Waals surface area contributed by atoms with Crippen LogP contribution in [0.15, 0.2) is 12.1 Å². The molecule has 1 N–H and O–H groups in total. The number of hydrogen-bond donors (Lipinski definition) is 1. The first-order valence-corrected chi connectivity index (χ1v) is 6.05. The number of nitrogens with one attached hydrogen (secondary N) is 1. The average Bonchev–Trinajstić information content (AvgIpc) is 2.65. The summed E-state index contributed by atoms with van der Waals surface area (Å²) in [5, 5.41) is 2.74. The Balaban J connectivity index is 1.94. The molecule has 16 heavy (non-hydrogen) atoms. The van der Waals surface area contributed by atoms with E-state index in [2.05, 4.69) is 5.32 Å². The number of nitrogens with zero attached hydrogens (tertiary/aromatic N) is 1. The highest BCUT2D eigenvalue weighted by Crippen LogP contribution is 2.16. The maximum absolute atomic E-state index is 11.9. The summed E-state index contributed by atoms with van der Waals surface area (Å²) in [6.07, 6.45) is 0. The number of carbonyl (C=O) groups excluding carboxylic acids is 2. The molecular formula is C11H14N2O2S. The van der Waals surface area contributed by atoms with Crippen LogP contribution in [0.25, 0.3) is 0 Å². The van der Waals surface area contributed by atoms with Crippen LogP contribution in [0.1, 0.15) is 14.5 Å². The van der Waals surface area contributed by atoms with Crippen LogP contribution in [-0.4, -0.2) is 42.8 Å². The molecule has 1 saturated heterocycles. The summed E-state index contributed by atoms with van der Waals surface area (Å²) >= 11 is 1.51. The van der Waals surface area contributed by atoms with Crippen LogP contribution < -0.4 is 5.32 Å². The van der Waals surface area contributed by atoms with Crippen LogP contribution in [-0.2, 0) is 4.79 Å². The summed E-state index contributed by atoms with van der Waals surface area (Å²) in [5.41, 5.74) is 0. The number of Topliss-reactive ketones (excluding diaryl/α,β-unsaturated/α-hetero) is 1. The SMILES string of the molecule is Cc1ccc(C(=O)CN2CCNC(=O)C2)s1. The number of hydrogen-bond acceptors (Lipinski definition) is 4. The largest absolute Gasteiger partial charge is 0.354 e. The maximum atomic E-state index is 11.9. The van der Waals surface area contributed by atoms with Gasteiger partial charge in [0.1, 0.15) is 0 Å². The zero-order valence-electron chi connectivity index (χ0n) is 9.16. The van der Waals surface area contributed by atoms with Gasteiger partial charge in [0, 0.05) is 18.0 Å². The van der Waals surface area contributed by atoms with Gasteiger partial charge in [-0.15, -0.1) is 11.3 Å². The topological polar surface area (TPSA) is 49.4 Å². The number of ketones is 1. The summed E-state index contributed by atoms with van der Waals surface area (Å²) in [6, 6.07) is 3.80. The normalized spacial score (nSPS) is 17.2. The fourth-order valence-corrected chi connectivity index (χ4v) is 2.49. The highest BCUT2D eigenvalue weighted by molar-refractivity contribution is 7.14. The minimum Gasteiger partial charge on any atom is -0.354 e. The molecule has 1 aliphatic rings. The van der Waals surface area contributed by atoms with Crippen molar-refractivity contribution >= 4 is 23.0 Å². The van der Waals surface area contributed by atoms with Gasteiger partial charge in [-0.3, -0.25) is 14.5 Å². The lowest BCUT2D eigenvalue weighted by Crippen LogP contribution is -2.49. The summed E-state index contributed by atoms with van der Waals surface area (Å²) in [5.74, 6) is 0.106. The van der Waals surface area contributed by atoms with Crippen molar-refractivity contribution in [3.05, 3.63) is 21.9 Å². The molecule has 1 aromatic rings. The van der Waals surface area contributed by atoms with Crippen LogP contribution in [0.4, 0.5) is 0 Å². The molecule has 0 atom stereocenters. The van der Waals surface area contributed by atoms with Crippen LogP contribution in [0, 0.1) is 6.92 Å². The second-order valence-corrected chi connectivity index (χ2v) is 5.18. The predicted octanol–water partition coefficient (Wildman–Crippen LogP) is 0.671. The lowest BCUT2D eigenvalue weighted by atomic mass is 10.2. The summed E-state index contributed by atoms with van der Waals surface area (Å²) in [7, 11) is 0. The third-order valence-electron chi connectivity index (χ3n) is 2.50. The van der Waals surface area contributed by atoms with Crippen LogP contribution in [0.3, 0.4) is 0 Å². The van der Waals surface area contributed by atoms with E-state index in [1.165, 1.54) is 11.3 Å². The highest BCUT2D eigenvalue weighted by Gasteiger charge is 2.19. The summed E-state index contributed by atoms with van der Waals surface area (Å²) < 4.78 is 0. The van der Waals surface area contributed by atoms with Crippen molar-refractivity contribution in [3.8, 4) is 0 Å². The van der Waals surface area contributed by atoms with Gasteiger partial charge in [0.25, 0.3) is 0 Å². The predicted molar refractivity (Wildman–Crippen MR) is 62.8 cm³/mol. The Bertz CT molecular complexity index is 414. The fraction of sp³-hybridized carbons (Fsp3) is 0.455. The Morgan fingerprint density at radius 1 is 1.56 bits per heavy atom. The number of thiophene rings is 1. The molecule has 0 radical (unpaired) electrons. The first kappa shape index (κ1) is 11.3. The number of carbonyl (C=O) groups is 2. The molecule has 1 amide bonds. The van der Waals surface area contributed by atoms with Crippen molar-refractivity contribution in [1.29, 1.82) is 0 Å². The van der Waals surface area contributed by atoms with Crippen LogP contribution in [0.2, 0.25) is 0 Å². The average molecular weight is 238 g/mol. The number of amides is 1. The summed E-state index contributed by atoms with van der Waals surface area (Å²) in [4.78, 5) is 26.8. The lowest BCUT2D eigenvalue weighted by Gasteiger charge is -2.25. The second kappa shape index (κ2) is 4.76. The van der Waals surface area contributed by atoms with Crippen molar-refractivity contribution in [1.82, 2.24) is 10.2 Å². The molecule has 86 valence electrons. The van der Waals surface area contributed by atoms with Gasteiger partial charge in [-0.05, 0) is 19.1 Å². The van der Waals surface area contributed by atoms with Gasteiger partial charge in [0.2, 0.25) is 5.91 Å². The van der Waals surface area contributed by atoms with Crippen molar-refractivity contribution < 1.29 is 9.59 Å². The number of rotatable bonds is 3. The molecular weight excluding hydrogens is 224 g/mol. The maximum Gasteiger partial charge on any atom is 0.234 e. The molecule has 1 aliphatic heterocycles. The highest BCUT2D eigenvalue weighted by atomic mass is 32.1. The number of aryl methyl sites for hydroxylation is 1. The molecule has 0 aromatic carbocycles. The van der Waals surface area contributed by atoms with Crippen molar-refractivity contribution in [2.45, 2.75) is 6.92 Å². The van der Waals surface area contributed by atoms with Crippen molar-refractivity contribution in [2.75, 3.05) is 26.2 Å². The van der Waals surface area contributed by atoms with Gasteiger partial charge < -0.3 is 5.32 Å². The Hall–Kier alpha value is -1.20. The fourth-order valence-electron chi connectivity index (χ4n) is 1.69. The molecule has 2 rings (SSSR count). The standard InChI is InChI=1S/C11H14N2O2S/c1-8-2-3-10(16-8)9(14)6-13-5-4-12-11(15)7-13/h2-3H,4-7H2,1H3,(H,12,15). The smallest absolute Gasteiger partial charge is 0.234 e. The Kier molecular flexibility index (Phi) is 3.36. The van der Waals surface area contributed by atoms with E-state index in [4.69, 9.17) is 0 Å². The van der Waals surface area contributed by atoms with E-state index in [1.54, 1.807) is 0 Å². The second-order valence-electron chi connectivity index (χ2n) is 3.89. The molecule has 1 aromatic heterocycles. The van der Waals surface area contributed by atoms with Gasteiger partial charge in [-0.2, -0.15) is 0 Å². The first-order valence-electron chi connectivity index (χ1n) is 5.24. The van der Waals surface area contributed by atoms with E-state index in [1.807, 2.05) is 24.0 Å². The first-order chi connectivity index (χ1) is 7.65. The quantitative estimate of drug-likeness (QED) is 0.787. The van der Waals surface area contributed by atoms with E-state index in [0.717, 1.165) is 16.3 Å². The van der Waals surface area contributed by atoms with Gasteiger partial charge in [0.15, 0.2) is 5.78 Å². The Labute approximate surface area is 98.3 Å². The molecule has 5 heteroatoms. The van der Waals surface area contributed by atoms with Crippen LogP contribution in [0.5, 0.6) is 0 Å². The summed E-state index contributed by atoms with van der Waals surface area (Å²) in [6.45, 7) is 4.04. The van der Waals surface area contributed by atoms with Crippen molar-refractivity contribution in [3.63, 3.8) is 0 Å². The molecule has 0 aliphatic carbocycles. The molecule has 2 heterocycles. The van der Waals surface area contributed by atoms with Gasteiger partial charge in [-0.25, -0.2) is 0 Å². The van der Waals surface area contributed by atoms with E-state index >= 15 is 0 Å². The third-order valence-corrected chi connectivity index (χ3v) is 3.54. The zero-order valence-corrected chi connectivity index (χ0v) is 9.97. The minimum atomic E-state index is 0.00131. The Morgan fingerprint density at radius 2 is 2.38 bits per heavy atom. The van der Waals surface area contributed by atoms with E-state index in [-0.39, 0.29) is 11.7 Å². The molecule has 0 bridgehead atoms. The molecule has 0 unspecified atom stereocenters. The lowest BCUT2D eigenvalue weighted by molar-refractivity contribution is -0.123. The third kappa shape index (κ3) is 2.68. The monoisotopic (exact) mass is 238 g/mol. The Morgan fingerprint density at radius 3 is 3.00 bits per heavy atom. The van der Waals surface area contributed by atoms with E-state index < -0.39 is 0 Å². The molecule has 4 nitrogen and oxygen atoms in total. The van der Waals surface area contributed by atoms with E-state index in [0.29, 0.717) is 19.6 Å². The molecule has 0 saturated carbocycles. The minimum absolute atomic E-state index is 0.00131. The van der Waals surface area contributed by atoms with Gasteiger partial charge in [-0.1, -0.05) is 0 Å². The number of piperazine rings is 1. The van der Waals surface area contributed by atoms with Gasteiger partial charge >= 0.3 is 0 Å². The molecule has 0 spiro atoms. The zero-order chi connectivity index (χ0) is 11.5. The van der Waals surface area contributed by atoms with Crippen molar-refractivity contribution in [2.24, 2.45) is 0 Å². The molecule has 1 fully saturated rings. The van der Waals surface area contributed by atoms with Crippen LogP contribution >= 0.6 is 11.3 Å². The van der Waals surface area contributed by atoms with Gasteiger partial charge in [0.05, 0.1) is 18.0 Å².